The van der Waals surface area contributed by atoms with Crippen LogP contribution in [0.15, 0.2) is 12.4 Å². The van der Waals surface area contributed by atoms with E-state index in [1.807, 2.05) is 24.9 Å². The Morgan fingerprint density at radius 1 is 1.29 bits per heavy atom. The van der Waals surface area contributed by atoms with Gasteiger partial charge in [-0.05, 0) is 40.5 Å². The Hall–Kier alpha value is -1.65. The van der Waals surface area contributed by atoms with Crippen molar-refractivity contribution in [1.29, 1.82) is 0 Å². The molecule has 0 N–H and O–H groups in total. The largest absolute Gasteiger partial charge is 0.356 e. The van der Waals surface area contributed by atoms with Crippen molar-refractivity contribution in [2.24, 2.45) is 5.92 Å². The van der Waals surface area contributed by atoms with E-state index in [1.165, 1.54) is 0 Å². The van der Waals surface area contributed by atoms with Crippen LogP contribution in [0.5, 0.6) is 0 Å². The van der Waals surface area contributed by atoms with Crippen molar-refractivity contribution < 1.29 is 4.79 Å². The molecule has 1 aliphatic rings. The van der Waals surface area contributed by atoms with E-state index >= 15 is 0 Å². The first-order valence-electron chi connectivity index (χ1n) is 7.60. The van der Waals surface area contributed by atoms with E-state index in [9.17, 15) is 4.79 Å². The van der Waals surface area contributed by atoms with Crippen molar-refractivity contribution in [1.82, 2.24) is 14.9 Å². The number of hydrogen-bond acceptors (Lipinski definition) is 4. The predicted octanol–water partition coefficient (Wildman–Crippen LogP) is 2.26. The average Bonchev–Trinajstić information content (AvgIpc) is 2.45. The highest BCUT2D eigenvalue weighted by Gasteiger charge is 2.31. The van der Waals surface area contributed by atoms with Crippen LogP contribution < -0.4 is 4.90 Å². The van der Waals surface area contributed by atoms with Gasteiger partial charge in [0, 0.05) is 43.4 Å². The lowest BCUT2D eigenvalue weighted by Crippen LogP contribution is -2.48. The van der Waals surface area contributed by atoms with Crippen LogP contribution in [0.2, 0.25) is 0 Å². The first-order valence-corrected chi connectivity index (χ1v) is 7.60. The van der Waals surface area contributed by atoms with E-state index in [-0.39, 0.29) is 17.4 Å². The second-order valence-corrected chi connectivity index (χ2v) is 6.85. The molecule has 1 amide bonds. The lowest BCUT2D eigenvalue weighted by Gasteiger charge is -2.38. The lowest BCUT2D eigenvalue weighted by atomic mass is 9.93. The van der Waals surface area contributed by atoms with Crippen LogP contribution >= 0.6 is 0 Å². The summed E-state index contributed by atoms with van der Waals surface area (Å²) in [5.74, 6) is 1.37. The number of piperidine rings is 1. The molecule has 5 nitrogen and oxygen atoms in total. The summed E-state index contributed by atoms with van der Waals surface area (Å²) in [6.45, 7) is 9.95. The van der Waals surface area contributed by atoms with Gasteiger partial charge in [0.05, 0.1) is 0 Å². The average molecular weight is 290 g/mol. The second kappa shape index (κ2) is 6.00. The topological polar surface area (TPSA) is 49.3 Å². The van der Waals surface area contributed by atoms with Crippen LogP contribution in [-0.2, 0) is 4.79 Å². The molecule has 1 aliphatic heterocycles. The maximum atomic E-state index is 12.5. The Bertz CT molecular complexity index is 501. The molecule has 116 valence electrons. The summed E-state index contributed by atoms with van der Waals surface area (Å²) in [5, 5.41) is 0. The van der Waals surface area contributed by atoms with Gasteiger partial charge >= 0.3 is 0 Å². The van der Waals surface area contributed by atoms with Crippen LogP contribution in [0.25, 0.3) is 0 Å². The Kier molecular flexibility index (Phi) is 4.49. The number of nitrogens with zero attached hydrogens (tertiary/aromatic N) is 4. The highest BCUT2D eigenvalue weighted by atomic mass is 16.2. The number of aryl methyl sites for hydroxylation is 1. The van der Waals surface area contributed by atoms with Crippen LogP contribution in [0.1, 0.15) is 39.3 Å². The Morgan fingerprint density at radius 3 is 2.43 bits per heavy atom. The van der Waals surface area contributed by atoms with Gasteiger partial charge < -0.3 is 9.80 Å². The molecule has 0 bridgehead atoms. The van der Waals surface area contributed by atoms with Gasteiger partial charge in [-0.25, -0.2) is 9.97 Å². The molecule has 1 aromatic rings. The van der Waals surface area contributed by atoms with E-state index in [4.69, 9.17) is 0 Å². The van der Waals surface area contributed by atoms with Crippen molar-refractivity contribution in [3.05, 3.63) is 18.1 Å². The summed E-state index contributed by atoms with van der Waals surface area (Å²) >= 11 is 0. The molecule has 0 radical (unpaired) electrons. The number of rotatable bonds is 2. The number of amides is 1. The first kappa shape index (κ1) is 15.7. The van der Waals surface area contributed by atoms with Gasteiger partial charge in [-0.1, -0.05) is 0 Å². The molecule has 0 aromatic carbocycles. The fourth-order valence-corrected chi connectivity index (χ4v) is 2.57. The zero-order chi connectivity index (χ0) is 15.6. The zero-order valence-electron chi connectivity index (χ0n) is 13.8. The first-order chi connectivity index (χ1) is 9.79. The van der Waals surface area contributed by atoms with Crippen LogP contribution in [0, 0.1) is 12.8 Å². The fraction of sp³-hybridized carbons (Fsp3) is 0.688. The van der Waals surface area contributed by atoms with Gasteiger partial charge in [0.2, 0.25) is 5.91 Å². The summed E-state index contributed by atoms with van der Waals surface area (Å²) < 4.78 is 0. The molecule has 2 heterocycles. The third kappa shape index (κ3) is 3.71. The van der Waals surface area contributed by atoms with Crippen molar-refractivity contribution in [3.8, 4) is 0 Å². The van der Waals surface area contributed by atoms with Gasteiger partial charge in [-0.3, -0.25) is 4.79 Å². The van der Waals surface area contributed by atoms with Crippen molar-refractivity contribution >= 4 is 11.7 Å². The molecule has 0 aliphatic carbocycles. The molecule has 5 heteroatoms. The standard InChI is InChI=1S/C16H26N4O/c1-12-10-14(18-11-17-12)20-8-6-13(7-9-20)15(21)19(5)16(2,3)4/h10-11,13H,6-9H2,1-5H3. The van der Waals surface area contributed by atoms with Crippen LogP contribution in [0.3, 0.4) is 0 Å². The van der Waals surface area contributed by atoms with Crippen molar-refractivity contribution in [3.63, 3.8) is 0 Å². The molecule has 1 fully saturated rings. The van der Waals surface area contributed by atoms with E-state index in [0.29, 0.717) is 0 Å². The third-order valence-electron chi connectivity index (χ3n) is 4.29. The minimum absolute atomic E-state index is 0.113. The molecule has 1 saturated heterocycles. The summed E-state index contributed by atoms with van der Waals surface area (Å²) in [4.78, 5) is 25.1. The number of anilines is 1. The highest BCUT2D eigenvalue weighted by molar-refractivity contribution is 5.79. The highest BCUT2D eigenvalue weighted by Crippen LogP contribution is 2.25. The van der Waals surface area contributed by atoms with Gasteiger partial charge in [0.25, 0.3) is 0 Å². The number of carbonyl (C=O) groups excluding carboxylic acids is 1. The minimum Gasteiger partial charge on any atom is -0.356 e. The fourth-order valence-electron chi connectivity index (χ4n) is 2.57. The van der Waals surface area contributed by atoms with E-state index in [0.717, 1.165) is 37.4 Å². The number of aromatic nitrogens is 2. The van der Waals surface area contributed by atoms with Crippen LogP contribution in [-0.4, -0.2) is 46.5 Å². The van der Waals surface area contributed by atoms with Crippen LogP contribution in [0.4, 0.5) is 5.82 Å². The molecule has 1 aromatic heterocycles. The van der Waals surface area contributed by atoms with Crippen molar-refractivity contribution in [2.75, 3.05) is 25.0 Å². The van der Waals surface area contributed by atoms with Gasteiger partial charge in [0.15, 0.2) is 0 Å². The minimum atomic E-state index is -0.113. The SMILES string of the molecule is Cc1cc(N2CCC(C(=O)N(C)C(C)(C)C)CC2)ncn1. The Labute approximate surface area is 127 Å². The van der Waals surface area contributed by atoms with E-state index in [1.54, 1.807) is 6.33 Å². The number of hydrogen-bond donors (Lipinski definition) is 0. The maximum Gasteiger partial charge on any atom is 0.225 e. The van der Waals surface area contributed by atoms with E-state index in [2.05, 4.69) is 35.6 Å². The maximum absolute atomic E-state index is 12.5. The summed E-state index contributed by atoms with van der Waals surface area (Å²) in [5.41, 5.74) is 0.864. The normalized spacial score (nSPS) is 16.9. The third-order valence-corrected chi connectivity index (χ3v) is 4.29. The molecule has 2 rings (SSSR count). The molecule has 21 heavy (non-hydrogen) atoms. The Balaban J connectivity index is 1.96. The quantitative estimate of drug-likeness (QED) is 0.838. The van der Waals surface area contributed by atoms with Gasteiger partial charge in [-0.2, -0.15) is 0 Å². The molecular weight excluding hydrogens is 264 g/mol. The Morgan fingerprint density at radius 2 is 1.90 bits per heavy atom. The van der Waals surface area contributed by atoms with Crippen molar-refractivity contribution in [2.45, 2.75) is 46.1 Å². The summed E-state index contributed by atoms with van der Waals surface area (Å²) in [6.07, 6.45) is 3.39. The molecular formula is C16H26N4O. The predicted molar refractivity (Wildman–Crippen MR) is 84.2 cm³/mol. The zero-order valence-corrected chi connectivity index (χ0v) is 13.8. The lowest BCUT2D eigenvalue weighted by molar-refractivity contribution is -0.139. The molecule has 0 spiro atoms. The molecule has 0 saturated carbocycles. The molecule has 0 unspecified atom stereocenters. The smallest absolute Gasteiger partial charge is 0.225 e. The van der Waals surface area contributed by atoms with Gasteiger partial charge in [-0.15, -0.1) is 0 Å². The summed E-state index contributed by atoms with van der Waals surface area (Å²) in [7, 11) is 1.91. The van der Waals surface area contributed by atoms with Gasteiger partial charge in [0.1, 0.15) is 12.1 Å². The second-order valence-electron chi connectivity index (χ2n) is 6.85. The van der Waals surface area contributed by atoms with E-state index < -0.39 is 0 Å². The monoisotopic (exact) mass is 290 g/mol. The summed E-state index contributed by atoms with van der Waals surface area (Å²) in [6, 6.07) is 2.00. The number of carbonyl (C=O) groups is 1. The molecule has 0 atom stereocenters.